The van der Waals surface area contributed by atoms with Crippen LogP contribution in [0.4, 0.5) is 17.1 Å². The molecule has 202 valence electrons. The molecule has 5 aromatic rings. The van der Waals surface area contributed by atoms with Gasteiger partial charge in [-0.25, -0.2) is 10.1 Å². The summed E-state index contributed by atoms with van der Waals surface area (Å²) in [6, 6.07) is 40.3. The van der Waals surface area contributed by atoms with Crippen LogP contribution >= 0.6 is 0 Å². The lowest BCUT2D eigenvalue weighted by molar-refractivity contribution is 0.0356. The normalized spacial score (nSPS) is 15.5. The van der Waals surface area contributed by atoms with Crippen molar-refractivity contribution in [2.45, 2.75) is 25.9 Å². The van der Waals surface area contributed by atoms with Crippen molar-refractivity contribution in [3.05, 3.63) is 155 Å². The van der Waals surface area contributed by atoms with Gasteiger partial charge in [-0.1, -0.05) is 91.0 Å². The molecule has 0 radical (unpaired) electrons. The molecule has 0 spiro atoms. The van der Waals surface area contributed by atoms with Crippen LogP contribution < -0.4 is 4.90 Å². The highest BCUT2D eigenvalue weighted by Gasteiger charge is 2.27. The molecule has 6 rings (SSSR count). The quantitative estimate of drug-likeness (QED) is 0.164. The van der Waals surface area contributed by atoms with Crippen molar-refractivity contribution in [2.24, 2.45) is 0 Å². The summed E-state index contributed by atoms with van der Waals surface area (Å²) in [5, 5.41) is 14.1. The summed E-state index contributed by atoms with van der Waals surface area (Å²) >= 11 is 0. The van der Waals surface area contributed by atoms with Crippen LogP contribution in [0.15, 0.2) is 138 Å². The zero-order valence-electron chi connectivity index (χ0n) is 23.6. The van der Waals surface area contributed by atoms with Crippen LogP contribution in [0.1, 0.15) is 25.8 Å². The van der Waals surface area contributed by atoms with Crippen molar-refractivity contribution in [2.75, 3.05) is 4.90 Å². The number of ether oxygens (including phenoxy) is 1. The molecule has 0 aliphatic carbocycles. The average Bonchev–Trinajstić information content (AvgIpc) is 3.01. The van der Waals surface area contributed by atoms with Gasteiger partial charge in [0.25, 0.3) is 5.70 Å². The van der Waals surface area contributed by atoms with Gasteiger partial charge in [0.1, 0.15) is 11.4 Å². The van der Waals surface area contributed by atoms with Crippen LogP contribution in [0.5, 0.6) is 0 Å². The maximum atomic E-state index is 9.38. The molecule has 0 aromatic heterocycles. The zero-order chi connectivity index (χ0) is 29.1. The molecule has 5 aromatic carbocycles. The average molecular weight is 544 g/mol. The zero-order valence-corrected chi connectivity index (χ0v) is 23.6. The second-order valence-corrected chi connectivity index (χ2v) is 10.9. The van der Waals surface area contributed by atoms with Gasteiger partial charge in [0.15, 0.2) is 0 Å². The molecule has 1 heterocycles. The van der Waals surface area contributed by atoms with Crippen LogP contribution in [0.25, 0.3) is 32.5 Å². The first kappa shape index (κ1) is 26.6. The second-order valence-electron chi connectivity index (χ2n) is 10.9. The number of fused-ring (bicyclic) bond motifs is 2. The molecule has 4 nitrogen and oxygen atoms in total. The fraction of sp³-hybridized carbons (Fsp3) is 0.105. The van der Waals surface area contributed by atoms with Gasteiger partial charge in [0.05, 0.1) is 24.0 Å². The summed E-state index contributed by atoms with van der Waals surface area (Å²) in [6.07, 6.45) is 6.22. The number of hydrogen-bond donors (Lipinski definition) is 0. The van der Waals surface area contributed by atoms with E-state index in [1.165, 1.54) is 21.5 Å². The number of rotatable bonds is 5. The van der Waals surface area contributed by atoms with Crippen molar-refractivity contribution in [1.82, 2.24) is 0 Å². The lowest BCUT2D eigenvalue weighted by Crippen LogP contribution is -2.27. The molecule has 0 bridgehead atoms. The molecule has 42 heavy (non-hydrogen) atoms. The molecular weight excluding hydrogens is 514 g/mol. The highest BCUT2D eigenvalue weighted by atomic mass is 16.5. The molecule has 0 N–H and O–H groups in total. The third-order valence-corrected chi connectivity index (χ3v) is 7.46. The molecule has 1 aliphatic heterocycles. The fourth-order valence-electron chi connectivity index (χ4n) is 5.60. The van der Waals surface area contributed by atoms with Crippen molar-refractivity contribution in [3.8, 4) is 6.07 Å². The maximum Gasteiger partial charge on any atom is 0.265 e. The Kier molecular flexibility index (Phi) is 7.05. The van der Waals surface area contributed by atoms with Gasteiger partial charge < -0.3 is 9.64 Å². The lowest BCUT2D eigenvalue weighted by Gasteiger charge is -2.32. The van der Waals surface area contributed by atoms with E-state index in [4.69, 9.17) is 11.3 Å². The van der Waals surface area contributed by atoms with E-state index < -0.39 is 5.60 Å². The van der Waals surface area contributed by atoms with Crippen molar-refractivity contribution >= 4 is 44.7 Å². The van der Waals surface area contributed by atoms with Crippen LogP contribution in [0, 0.1) is 17.9 Å². The lowest BCUT2D eigenvalue weighted by atomic mass is 9.93. The predicted molar refractivity (Wildman–Crippen MR) is 172 cm³/mol. The Balaban J connectivity index is 1.41. The van der Waals surface area contributed by atoms with Gasteiger partial charge in [0, 0.05) is 22.9 Å². The third-order valence-electron chi connectivity index (χ3n) is 7.46. The Hall–Kier alpha value is -5.58. The van der Waals surface area contributed by atoms with Gasteiger partial charge >= 0.3 is 0 Å². The Morgan fingerprint density at radius 3 is 1.95 bits per heavy atom. The van der Waals surface area contributed by atoms with Crippen molar-refractivity contribution < 1.29 is 4.74 Å². The largest absolute Gasteiger partial charge is 0.488 e. The van der Waals surface area contributed by atoms with E-state index in [1.54, 1.807) is 6.08 Å². The van der Waals surface area contributed by atoms with Crippen LogP contribution in [-0.2, 0) is 4.74 Å². The Morgan fingerprint density at radius 2 is 1.38 bits per heavy atom. The van der Waals surface area contributed by atoms with E-state index in [-0.39, 0.29) is 5.70 Å². The summed E-state index contributed by atoms with van der Waals surface area (Å²) in [7, 11) is 0. The molecule has 0 amide bonds. The molecule has 4 heteroatoms. The molecule has 0 saturated carbocycles. The van der Waals surface area contributed by atoms with E-state index in [2.05, 4.69) is 119 Å². The van der Waals surface area contributed by atoms with E-state index in [0.717, 1.165) is 22.6 Å². The minimum atomic E-state index is -0.502. The number of hydrogen-bond acceptors (Lipinski definition) is 3. The number of anilines is 3. The fourth-order valence-corrected chi connectivity index (χ4v) is 5.60. The number of nitrogens with zero attached hydrogens (tertiary/aromatic N) is 3. The highest BCUT2D eigenvalue weighted by molar-refractivity contribution is 6.04. The van der Waals surface area contributed by atoms with E-state index in [9.17, 15) is 5.26 Å². The smallest absolute Gasteiger partial charge is 0.265 e. The predicted octanol–water partition coefficient (Wildman–Crippen LogP) is 10.3. The van der Waals surface area contributed by atoms with Crippen molar-refractivity contribution in [1.29, 1.82) is 5.26 Å². The summed E-state index contributed by atoms with van der Waals surface area (Å²) in [5.74, 6) is 0.634. The summed E-state index contributed by atoms with van der Waals surface area (Å²) in [6.45, 7) is 11.3. The molecular formula is C38H29N3O. The first-order chi connectivity index (χ1) is 20.5. The topological polar surface area (TPSA) is 40.6 Å². The number of nitriles is 1. The second kappa shape index (κ2) is 11.1. The monoisotopic (exact) mass is 543 g/mol. The van der Waals surface area contributed by atoms with Crippen molar-refractivity contribution in [3.63, 3.8) is 0 Å². The molecule has 0 saturated heterocycles. The highest BCUT2D eigenvalue weighted by Crippen LogP contribution is 2.42. The van der Waals surface area contributed by atoms with E-state index in [0.29, 0.717) is 17.8 Å². The maximum absolute atomic E-state index is 9.38. The van der Waals surface area contributed by atoms with Crippen LogP contribution in [0.2, 0.25) is 0 Å². The minimum Gasteiger partial charge on any atom is -0.488 e. The van der Waals surface area contributed by atoms with Gasteiger partial charge in [-0.3, -0.25) is 0 Å². The first-order valence-electron chi connectivity index (χ1n) is 13.9. The Bertz CT molecular complexity index is 1880. The minimum absolute atomic E-state index is 0.114. The van der Waals surface area contributed by atoms with Crippen LogP contribution in [-0.4, -0.2) is 5.60 Å². The van der Waals surface area contributed by atoms with Gasteiger partial charge in [-0.15, -0.1) is 0 Å². The Morgan fingerprint density at radius 1 is 0.810 bits per heavy atom. The van der Waals surface area contributed by atoms with Gasteiger partial charge in [-0.05, 0) is 72.2 Å². The molecule has 0 unspecified atom stereocenters. The van der Waals surface area contributed by atoms with Gasteiger partial charge in [0.2, 0.25) is 0 Å². The van der Waals surface area contributed by atoms with Crippen LogP contribution in [0.3, 0.4) is 0 Å². The molecule has 1 aliphatic rings. The summed E-state index contributed by atoms with van der Waals surface area (Å²) < 4.78 is 6.14. The number of allylic oxidation sites excluding steroid dienone is 3. The summed E-state index contributed by atoms with van der Waals surface area (Å²) in [5.41, 5.74) is 4.61. The van der Waals surface area contributed by atoms with Gasteiger partial charge in [-0.2, -0.15) is 0 Å². The first-order valence-corrected chi connectivity index (χ1v) is 13.9. The SMILES string of the molecule is [C-]#[N+]/C(C#N)=C1C=C(/C=C/c2ccc(N(c3cccc4ccccc34)c3cccc4ccccc34)cc2)OC(C)(C)C\1. The standard InChI is InChI=1S/C38H29N3O/c1-38(2)25-30(35(26-39)40-3)24-32(42-38)23-20-27-18-21-31(22-19-27)41(36-16-8-12-28-10-4-6-14-33(28)36)37-17-9-13-29-11-5-7-15-34(29)37/h4-24H,25H2,1-2H3/b23-20+,35-30+. The molecule has 0 atom stereocenters. The van der Waals surface area contributed by atoms with E-state index in [1.807, 2.05) is 32.1 Å². The number of benzene rings is 5. The van der Waals surface area contributed by atoms with E-state index >= 15 is 0 Å². The third kappa shape index (κ3) is 5.27. The molecule has 0 fully saturated rings. The Labute approximate surface area is 246 Å². The summed E-state index contributed by atoms with van der Waals surface area (Å²) in [4.78, 5) is 5.73.